The van der Waals surface area contributed by atoms with Crippen LogP contribution in [0.1, 0.15) is 6.23 Å². The summed E-state index contributed by atoms with van der Waals surface area (Å²) in [6.07, 6.45) is -5.14. The highest BCUT2D eigenvalue weighted by molar-refractivity contribution is 7.72. The van der Waals surface area contributed by atoms with E-state index < -0.39 is 24.5 Å². The van der Waals surface area contributed by atoms with Gasteiger partial charge >= 0.3 is 5.84 Å². The van der Waals surface area contributed by atoms with E-state index in [9.17, 15) is 15.3 Å². The fourth-order valence-electron chi connectivity index (χ4n) is 2.73. The van der Waals surface area contributed by atoms with Crippen molar-refractivity contribution in [2.24, 2.45) is 0 Å². The second-order valence-electron chi connectivity index (χ2n) is 5.79. The number of rotatable bonds is 2. The Labute approximate surface area is 156 Å². The van der Waals surface area contributed by atoms with Crippen molar-refractivity contribution >= 4 is 30.3 Å². The molecule has 1 aliphatic heterocycles. The molecule has 0 saturated carbocycles. The third-order valence-corrected chi connectivity index (χ3v) is 4.75. The van der Waals surface area contributed by atoms with Gasteiger partial charge in [-0.15, -0.1) is 5.10 Å². The summed E-state index contributed by atoms with van der Waals surface area (Å²) in [6.45, 7) is -0.184. The molecule has 11 heteroatoms. The lowest BCUT2D eigenvalue weighted by atomic mass is 10.0. The molecule has 3 aromatic rings. The number of aliphatic hydroxyl groups excluding tert-OH is 3. The van der Waals surface area contributed by atoms with Gasteiger partial charge in [0, 0.05) is 5.56 Å². The predicted octanol–water partition coefficient (Wildman–Crippen LogP) is 0.861. The van der Waals surface area contributed by atoms with E-state index in [2.05, 4.69) is 10.1 Å². The van der Waals surface area contributed by atoms with Crippen LogP contribution in [0.25, 0.3) is 17.3 Å². The molecular formula is C15H14N4O5S2. The minimum absolute atomic E-state index is 0.00148. The minimum atomic E-state index is -1.44. The SMILES string of the molecule is O[C@@H]1[C@@H](O)[C@H](n2c(=S)nc3oc(-c4ccccc4)nn3c2=S)OC[C@H]1O. The van der Waals surface area contributed by atoms with Crippen LogP contribution in [-0.4, -0.2) is 59.4 Å². The molecule has 0 radical (unpaired) electrons. The fourth-order valence-corrected chi connectivity index (χ4v) is 3.37. The lowest BCUT2D eigenvalue weighted by Crippen LogP contribution is -2.51. The summed E-state index contributed by atoms with van der Waals surface area (Å²) in [5.74, 6) is 0.401. The summed E-state index contributed by atoms with van der Waals surface area (Å²) in [4.78, 5) is 4.15. The molecule has 1 saturated heterocycles. The first kappa shape index (κ1) is 17.4. The summed E-state index contributed by atoms with van der Waals surface area (Å²) in [7, 11) is 0. The maximum absolute atomic E-state index is 10.2. The third kappa shape index (κ3) is 2.78. The molecule has 9 nitrogen and oxygen atoms in total. The second kappa shape index (κ2) is 6.61. The van der Waals surface area contributed by atoms with Crippen molar-refractivity contribution in [2.45, 2.75) is 24.5 Å². The maximum atomic E-state index is 10.2. The number of ether oxygens (including phenoxy) is 1. The standard InChI is InChI=1S/C15H14N4O5S2/c20-8-6-23-12(10(22)9(8)21)18-14(25)16-13-19(15(18)26)17-11(24-13)7-4-2-1-3-5-7/h1-5,8-10,12,20-22H,6H2/t8-,9+,10-,12-/m1/s1. The zero-order valence-electron chi connectivity index (χ0n) is 13.2. The number of fused-ring (bicyclic) bond motifs is 1. The van der Waals surface area contributed by atoms with Gasteiger partial charge in [0.05, 0.1) is 6.61 Å². The van der Waals surface area contributed by atoms with E-state index in [1.54, 1.807) is 0 Å². The number of hydrogen-bond acceptors (Lipinski definition) is 9. The smallest absolute Gasteiger partial charge is 0.330 e. The lowest BCUT2D eigenvalue weighted by Gasteiger charge is -2.35. The average Bonchev–Trinajstić information content (AvgIpc) is 3.06. The molecule has 4 atom stereocenters. The molecule has 0 aliphatic carbocycles. The average molecular weight is 394 g/mol. The molecule has 1 aliphatic rings. The Hall–Kier alpha value is -2.02. The topological polar surface area (TPSA) is 118 Å². The first-order valence-electron chi connectivity index (χ1n) is 7.71. The predicted molar refractivity (Wildman–Crippen MR) is 93.4 cm³/mol. The van der Waals surface area contributed by atoms with E-state index in [1.165, 1.54) is 9.08 Å². The third-order valence-electron chi connectivity index (χ3n) is 4.09. The first-order chi connectivity index (χ1) is 12.5. The molecule has 2 aromatic heterocycles. The van der Waals surface area contributed by atoms with Gasteiger partial charge in [-0.1, -0.05) is 18.2 Å². The van der Waals surface area contributed by atoms with E-state index in [-0.39, 0.29) is 22.0 Å². The highest BCUT2D eigenvalue weighted by atomic mass is 32.1. The molecule has 3 heterocycles. The number of hydrogen-bond donors (Lipinski definition) is 3. The van der Waals surface area contributed by atoms with E-state index in [1.807, 2.05) is 30.3 Å². The number of aromatic nitrogens is 4. The zero-order chi connectivity index (χ0) is 18.4. The minimum Gasteiger partial charge on any atom is -0.403 e. The van der Waals surface area contributed by atoms with Crippen LogP contribution in [-0.2, 0) is 4.74 Å². The quantitative estimate of drug-likeness (QED) is 0.544. The van der Waals surface area contributed by atoms with E-state index in [0.717, 1.165) is 5.56 Å². The van der Waals surface area contributed by atoms with Gasteiger partial charge in [0.15, 0.2) is 6.23 Å². The monoisotopic (exact) mass is 394 g/mol. The van der Waals surface area contributed by atoms with E-state index >= 15 is 0 Å². The zero-order valence-corrected chi connectivity index (χ0v) is 14.8. The summed E-state index contributed by atoms with van der Waals surface area (Å²) in [6, 6.07) is 9.20. The summed E-state index contributed by atoms with van der Waals surface area (Å²) >= 11 is 10.7. The Kier molecular flexibility index (Phi) is 4.42. The van der Waals surface area contributed by atoms with Crippen molar-refractivity contribution in [3.05, 3.63) is 39.9 Å². The molecular weight excluding hydrogens is 380 g/mol. The Morgan fingerprint density at radius 3 is 2.54 bits per heavy atom. The van der Waals surface area contributed by atoms with Crippen LogP contribution >= 0.6 is 24.4 Å². The van der Waals surface area contributed by atoms with Gasteiger partial charge < -0.3 is 24.5 Å². The van der Waals surface area contributed by atoms with Gasteiger partial charge in [0.1, 0.15) is 18.3 Å². The number of nitrogens with zero attached hydrogens (tertiary/aromatic N) is 4. The van der Waals surface area contributed by atoms with Crippen LogP contribution in [0, 0.1) is 9.54 Å². The molecule has 136 valence electrons. The molecule has 3 N–H and O–H groups in total. The molecule has 0 spiro atoms. The summed E-state index contributed by atoms with van der Waals surface area (Å²) in [5, 5.41) is 34.1. The highest BCUT2D eigenvalue weighted by Crippen LogP contribution is 2.26. The summed E-state index contributed by atoms with van der Waals surface area (Å²) in [5.41, 5.74) is 0.734. The van der Waals surface area contributed by atoms with Crippen LogP contribution in [0.3, 0.4) is 0 Å². The first-order valence-corrected chi connectivity index (χ1v) is 8.52. The van der Waals surface area contributed by atoms with Crippen molar-refractivity contribution in [3.8, 4) is 11.5 Å². The molecule has 0 bridgehead atoms. The molecule has 26 heavy (non-hydrogen) atoms. The van der Waals surface area contributed by atoms with Gasteiger partial charge in [-0.05, 0) is 36.6 Å². The largest absolute Gasteiger partial charge is 0.403 e. The van der Waals surface area contributed by atoms with Crippen LogP contribution in [0.15, 0.2) is 34.7 Å². The van der Waals surface area contributed by atoms with Crippen LogP contribution < -0.4 is 0 Å². The molecule has 1 fully saturated rings. The Bertz CT molecular complexity index is 1060. The van der Waals surface area contributed by atoms with Crippen molar-refractivity contribution in [1.82, 2.24) is 19.2 Å². The Morgan fingerprint density at radius 1 is 1.08 bits per heavy atom. The molecule has 0 unspecified atom stereocenters. The fraction of sp³-hybridized carbons (Fsp3) is 0.333. The van der Waals surface area contributed by atoms with Crippen molar-refractivity contribution in [1.29, 1.82) is 0 Å². The molecule has 0 amide bonds. The van der Waals surface area contributed by atoms with Gasteiger partial charge in [-0.25, -0.2) is 0 Å². The number of benzene rings is 1. The summed E-state index contributed by atoms with van der Waals surface area (Å²) < 4.78 is 13.6. The number of aliphatic hydroxyl groups is 3. The molecule has 4 rings (SSSR count). The maximum Gasteiger partial charge on any atom is 0.330 e. The van der Waals surface area contributed by atoms with E-state index in [0.29, 0.717) is 5.89 Å². The van der Waals surface area contributed by atoms with Crippen molar-refractivity contribution in [2.75, 3.05) is 6.61 Å². The van der Waals surface area contributed by atoms with Crippen molar-refractivity contribution in [3.63, 3.8) is 0 Å². The van der Waals surface area contributed by atoms with Crippen LogP contribution in [0.2, 0.25) is 0 Å². The van der Waals surface area contributed by atoms with Gasteiger partial charge in [-0.3, -0.25) is 4.57 Å². The highest BCUT2D eigenvalue weighted by Gasteiger charge is 2.39. The molecule has 1 aromatic carbocycles. The van der Waals surface area contributed by atoms with Crippen LogP contribution in [0.5, 0.6) is 0 Å². The van der Waals surface area contributed by atoms with Crippen LogP contribution in [0.4, 0.5) is 0 Å². The van der Waals surface area contributed by atoms with Gasteiger partial charge in [0.2, 0.25) is 15.4 Å². The van der Waals surface area contributed by atoms with Gasteiger partial charge in [0.25, 0.3) is 0 Å². The Balaban J connectivity index is 1.84. The van der Waals surface area contributed by atoms with Gasteiger partial charge in [-0.2, -0.15) is 9.50 Å². The second-order valence-corrected chi connectivity index (χ2v) is 6.52. The lowest BCUT2D eigenvalue weighted by molar-refractivity contribution is -0.212. The normalized spacial score (nSPS) is 26.3. The Morgan fingerprint density at radius 2 is 1.81 bits per heavy atom. The van der Waals surface area contributed by atoms with E-state index in [4.69, 9.17) is 33.6 Å². The van der Waals surface area contributed by atoms with Crippen molar-refractivity contribution < 1.29 is 24.5 Å².